The molecule has 0 N–H and O–H groups in total. The molecule has 0 unspecified atom stereocenters. The highest BCUT2D eigenvalue weighted by atomic mass is 32.1. The maximum Gasteiger partial charge on any atom is 0.343 e. The number of thiazole rings is 1. The Morgan fingerprint density at radius 1 is 1.20 bits per heavy atom. The molecule has 0 saturated heterocycles. The van der Waals surface area contributed by atoms with Gasteiger partial charge in [0.15, 0.2) is 0 Å². The second-order valence-corrected chi connectivity index (χ2v) is 4.95. The van der Waals surface area contributed by atoms with Gasteiger partial charge in [-0.05, 0) is 42.5 Å². The Hall–Kier alpha value is -2.71. The first kappa shape index (κ1) is 12.3. The molecule has 4 nitrogen and oxygen atoms in total. The fourth-order valence-electron chi connectivity index (χ4n) is 1.75. The topological polar surface area (TPSA) is 63.0 Å². The average Bonchev–Trinajstić information content (AvgIpc) is 2.95. The maximum absolute atomic E-state index is 12.0. The zero-order valence-electron chi connectivity index (χ0n) is 10.2. The van der Waals surface area contributed by atoms with Crippen LogP contribution in [0, 0.1) is 11.3 Å². The van der Waals surface area contributed by atoms with E-state index >= 15 is 0 Å². The summed E-state index contributed by atoms with van der Waals surface area (Å²) >= 11 is 1.48. The minimum absolute atomic E-state index is 0.415. The molecule has 0 radical (unpaired) electrons. The predicted molar refractivity (Wildman–Crippen MR) is 75.7 cm³/mol. The molecule has 0 aliphatic rings. The summed E-state index contributed by atoms with van der Waals surface area (Å²) < 4.78 is 6.21. The first-order valence-corrected chi connectivity index (χ1v) is 6.70. The van der Waals surface area contributed by atoms with Gasteiger partial charge in [0.25, 0.3) is 0 Å². The molecule has 5 heteroatoms. The molecule has 1 aromatic heterocycles. The number of carbonyl (C=O) groups excluding carboxylic acids is 1. The molecule has 0 amide bonds. The third kappa shape index (κ3) is 2.37. The molecule has 0 saturated carbocycles. The van der Waals surface area contributed by atoms with Crippen molar-refractivity contribution < 1.29 is 9.53 Å². The van der Waals surface area contributed by atoms with Gasteiger partial charge in [0.1, 0.15) is 5.75 Å². The Labute approximate surface area is 118 Å². The summed E-state index contributed by atoms with van der Waals surface area (Å²) in [7, 11) is 0. The quantitative estimate of drug-likeness (QED) is 0.533. The van der Waals surface area contributed by atoms with Crippen LogP contribution in [0.5, 0.6) is 5.75 Å². The molecule has 0 fully saturated rings. The third-order valence-corrected chi connectivity index (χ3v) is 3.55. The van der Waals surface area contributed by atoms with Gasteiger partial charge in [0.2, 0.25) is 0 Å². The van der Waals surface area contributed by atoms with E-state index in [0.29, 0.717) is 16.9 Å². The Balaban J connectivity index is 1.82. The number of ether oxygens (including phenoxy) is 1. The van der Waals surface area contributed by atoms with E-state index in [1.165, 1.54) is 11.3 Å². The lowest BCUT2D eigenvalue weighted by Crippen LogP contribution is -2.08. The first-order valence-electron chi connectivity index (χ1n) is 5.82. The molecule has 3 aromatic rings. The summed E-state index contributed by atoms with van der Waals surface area (Å²) in [4.78, 5) is 16.2. The van der Waals surface area contributed by atoms with Crippen LogP contribution in [0.15, 0.2) is 48.0 Å². The van der Waals surface area contributed by atoms with Crippen LogP contribution in [0.4, 0.5) is 0 Å². The molecule has 0 atom stereocenters. The lowest BCUT2D eigenvalue weighted by atomic mass is 10.2. The predicted octanol–water partition coefficient (Wildman–Crippen LogP) is 3.39. The minimum Gasteiger partial charge on any atom is -0.423 e. The molecular formula is C15H8N2O2S. The summed E-state index contributed by atoms with van der Waals surface area (Å²) in [6.45, 7) is 0. The number of aromatic nitrogens is 1. The van der Waals surface area contributed by atoms with Gasteiger partial charge in [-0.1, -0.05) is 0 Å². The first-order chi connectivity index (χ1) is 9.76. The number of carbonyl (C=O) groups is 1. The maximum atomic E-state index is 12.0. The van der Waals surface area contributed by atoms with Crippen LogP contribution in [-0.4, -0.2) is 11.0 Å². The van der Waals surface area contributed by atoms with Crippen molar-refractivity contribution in [1.29, 1.82) is 5.26 Å². The van der Waals surface area contributed by atoms with Crippen molar-refractivity contribution in [3.05, 3.63) is 59.1 Å². The zero-order valence-corrected chi connectivity index (χ0v) is 11.1. The van der Waals surface area contributed by atoms with E-state index in [1.807, 2.05) is 6.07 Å². The summed E-state index contributed by atoms with van der Waals surface area (Å²) in [5.41, 5.74) is 3.60. The van der Waals surface area contributed by atoms with Gasteiger partial charge in [-0.3, -0.25) is 0 Å². The Kier molecular flexibility index (Phi) is 3.15. The Morgan fingerprint density at radius 2 is 2.00 bits per heavy atom. The summed E-state index contributed by atoms with van der Waals surface area (Å²) in [6, 6.07) is 13.7. The molecule has 3 rings (SSSR count). The highest BCUT2D eigenvalue weighted by Crippen LogP contribution is 2.20. The van der Waals surface area contributed by atoms with E-state index in [0.717, 1.165) is 10.2 Å². The highest BCUT2D eigenvalue weighted by Gasteiger charge is 2.10. The standard InChI is InChI=1S/C15H8N2O2S/c16-8-10-1-4-12(5-2-10)19-15(18)11-3-6-13-14(7-11)20-9-17-13/h1-7,9H. The number of hydrogen-bond donors (Lipinski definition) is 0. The highest BCUT2D eigenvalue weighted by molar-refractivity contribution is 7.16. The Bertz CT molecular complexity index is 816. The van der Waals surface area contributed by atoms with E-state index in [4.69, 9.17) is 10.00 Å². The van der Waals surface area contributed by atoms with Crippen molar-refractivity contribution in [2.24, 2.45) is 0 Å². The number of rotatable bonds is 2. The molecular weight excluding hydrogens is 272 g/mol. The second kappa shape index (κ2) is 5.11. The Morgan fingerprint density at radius 3 is 2.75 bits per heavy atom. The fourth-order valence-corrected chi connectivity index (χ4v) is 2.46. The van der Waals surface area contributed by atoms with E-state index in [2.05, 4.69) is 4.98 Å². The van der Waals surface area contributed by atoms with E-state index in [9.17, 15) is 4.79 Å². The molecule has 1 heterocycles. The summed E-state index contributed by atoms with van der Waals surface area (Å²) in [6.07, 6.45) is 0. The number of nitrogens with zero attached hydrogens (tertiary/aromatic N) is 2. The number of nitriles is 1. The van der Waals surface area contributed by atoms with Crippen LogP contribution in [0.3, 0.4) is 0 Å². The van der Waals surface area contributed by atoms with Crippen molar-refractivity contribution >= 4 is 27.5 Å². The van der Waals surface area contributed by atoms with Crippen molar-refractivity contribution in [3.63, 3.8) is 0 Å². The lowest BCUT2D eigenvalue weighted by molar-refractivity contribution is 0.0735. The van der Waals surface area contributed by atoms with Gasteiger partial charge in [-0.25, -0.2) is 9.78 Å². The summed E-state index contributed by atoms with van der Waals surface area (Å²) in [5.74, 6) is -0.0107. The molecule has 2 aromatic carbocycles. The van der Waals surface area contributed by atoms with Gasteiger partial charge in [0.05, 0.1) is 32.9 Å². The molecule has 0 spiro atoms. The van der Waals surface area contributed by atoms with Crippen LogP contribution in [0.1, 0.15) is 15.9 Å². The average molecular weight is 280 g/mol. The molecule has 0 aliphatic carbocycles. The molecule has 96 valence electrons. The SMILES string of the molecule is N#Cc1ccc(OC(=O)c2ccc3ncsc3c2)cc1. The van der Waals surface area contributed by atoms with Gasteiger partial charge >= 0.3 is 5.97 Å². The largest absolute Gasteiger partial charge is 0.423 e. The van der Waals surface area contributed by atoms with Gasteiger partial charge in [-0.2, -0.15) is 5.26 Å². The van der Waals surface area contributed by atoms with Crippen LogP contribution in [0.2, 0.25) is 0 Å². The van der Waals surface area contributed by atoms with Crippen molar-refractivity contribution in [3.8, 4) is 11.8 Å². The van der Waals surface area contributed by atoms with Crippen molar-refractivity contribution in [2.75, 3.05) is 0 Å². The van der Waals surface area contributed by atoms with Gasteiger partial charge in [-0.15, -0.1) is 11.3 Å². The molecule has 20 heavy (non-hydrogen) atoms. The zero-order chi connectivity index (χ0) is 13.9. The smallest absolute Gasteiger partial charge is 0.343 e. The van der Waals surface area contributed by atoms with E-state index < -0.39 is 5.97 Å². The lowest BCUT2D eigenvalue weighted by Gasteiger charge is -2.04. The van der Waals surface area contributed by atoms with Crippen molar-refractivity contribution in [2.45, 2.75) is 0 Å². The second-order valence-electron chi connectivity index (χ2n) is 4.06. The number of hydrogen-bond acceptors (Lipinski definition) is 5. The van der Waals surface area contributed by atoms with Crippen LogP contribution in [-0.2, 0) is 0 Å². The van der Waals surface area contributed by atoms with Gasteiger partial charge in [0, 0.05) is 0 Å². The molecule has 0 aliphatic heterocycles. The monoisotopic (exact) mass is 280 g/mol. The molecule has 0 bridgehead atoms. The minimum atomic E-state index is -0.426. The van der Waals surface area contributed by atoms with E-state index in [1.54, 1.807) is 48.0 Å². The normalized spacial score (nSPS) is 10.2. The van der Waals surface area contributed by atoms with Crippen LogP contribution < -0.4 is 4.74 Å². The van der Waals surface area contributed by atoms with Crippen molar-refractivity contribution in [1.82, 2.24) is 4.98 Å². The van der Waals surface area contributed by atoms with Crippen LogP contribution >= 0.6 is 11.3 Å². The number of fused-ring (bicyclic) bond motifs is 1. The fraction of sp³-hybridized carbons (Fsp3) is 0. The van der Waals surface area contributed by atoms with Crippen LogP contribution in [0.25, 0.3) is 10.2 Å². The third-order valence-electron chi connectivity index (χ3n) is 2.76. The number of esters is 1. The number of benzene rings is 2. The van der Waals surface area contributed by atoms with Gasteiger partial charge < -0.3 is 4.74 Å². The summed E-state index contributed by atoms with van der Waals surface area (Å²) in [5, 5.41) is 8.71. The van der Waals surface area contributed by atoms with E-state index in [-0.39, 0.29) is 0 Å².